The molecule has 0 saturated heterocycles. The van der Waals surface area contributed by atoms with E-state index in [9.17, 15) is 0 Å². The first kappa shape index (κ1) is 42.5. The molecule has 0 saturated carbocycles. The summed E-state index contributed by atoms with van der Waals surface area (Å²) in [5.41, 5.74) is 0. The van der Waals surface area contributed by atoms with Crippen molar-refractivity contribution in [2.75, 3.05) is 0 Å². The van der Waals surface area contributed by atoms with Gasteiger partial charge in [-0.15, -0.1) is 0 Å². The van der Waals surface area contributed by atoms with Crippen LogP contribution in [0, 0.1) is 123 Å². The van der Waals surface area contributed by atoms with E-state index in [1.807, 2.05) is 0 Å². The molecule has 12 nitrogen and oxygen atoms in total. The minimum atomic E-state index is -6.17. The van der Waals surface area contributed by atoms with Gasteiger partial charge < -0.3 is 0 Å². The molecule has 18 heteroatoms. The Balaban J connectivity index is -0.0000000847. The van der Waals surface area contributed by atoms with Crippen molar-refractivity contribution in [3.8, 4) is 59.6 Å². The average molecular weight is 549 g/mol. The van der Waals surface area contributed by atoms with Gasteiger partial charge in [-0.05, 0) is 0 Å². The Kier molecular flexibility index (Phi) is 16.6. The standard InChI is InChI=1S/12CN.3Fe.3Na/c12*1-2;;;;;;/q;;;;;;;;;;;;2*-3;+3;3*+1. The van der Waals surface area contributed by atoms with Crippen molar-refractivity contribution < 1.29 is 127 Å². The third kappa shape index (κ3) is 5.01. The molecule has 0 rings (SSSR count). The molecular weight excluding hydrogens is 549 g/mol. The average Bonchev–Trinajstić information content (AvgIpc) is 2.77. The monoisotopic (exact) mass is 549 g/mol. The molecule has 0 atom stereocenters. The fourth-order valence-corrected chi connectivity index (χ4v) is 2.19. The normalized spacial score (nSPS) is 11.6. The van der Waals surface area contributed by atoms with Crippen LogP contribution in [0.2, 0.25) is 0 Å². The fourth-order valence-electron chi connectivity index (χ4n) is 0.530. The second kappa shape index (κ2) is 11.7. The number of hydrogen-bond acceptors (Lipinski definition) is 12. The van der Waals surface area contributed by atoms with E-state index >= 15 is 0 Å². The molecular formula is C12Fe3N12Na3. The van der Waals surface area contributed by atoms with Crippen molar-refractivity contribution >= 4 is 0 Å². The zero-order valence-electron chi connectivity index (χ0n) is 15.4. The first-order valence-electron chi connectivity index (χ1n) is 4.80. The van der Waals surface area contributed by atoms with Gasteiger partial charge in [0.1, 0.15) is 0 Å². The maximum Gasteiger partial charge on any atom is 3.00 e. The molecule has 0 aliphatic rings. The Morgan fingerprint density at radius 3 is 0.333 bits per heavy atom. The zero-order valence-corrected chi connectivity index (χ0v) is 24.7. The Morgan fingerprint density at radius 1 is 0.267 bits per heavy atom. The van der Waals surface area contributed by atoms with E-state index in [-0.39, 0.29) is 106 Å². The number of nitriles is 12. The topological polar surface area (TPSA) is 285 Å². The van der Waals surface area contributed by atoms with Crippen LogP contribution >= 0.6 is 0 Å². The van der Waals surface area contributed by atoms with E-state index in [1.54, 1.807) is 0 Å². The molecule has 0 unspecified atom stereocenters. The van der Waals surface area contributed by atoms with Crippen LogP contribution in [0.1, 0.15) is 0 Å². The fraction of sp³-hybridized carbons (Fsp3) is 0. The summed E-state index contributed by atoms with van der Waals surface area (Å²) in [4.78, 5) is 12.4. The van der Waals surface area contributed by atoms with Crippen LogP contribution in [0.15, 0.2) is 0 Å². The first-order valence-corrected chi connectivity index (χ1v) is 11.4. The summed E-state index contributed by atoms with van der Waals surface area (Å²) < 4.78 is 0. The Morgan fingerprint density at radius 2 is 0.333 bits per heavy atom. The Bertz CT molecular complexity index is 893. The number of rotatable bonds is 0. The molecule has 0 amide bonds. The third-order valence-electron chi connectivity index (χ3n) is 2.37. The largest absolute Gasteiger partial charge is 3.00 e. The number of nitrogens with zero attached hydrogens (tertiary/aromatic N) is 12. The molecule has 0 aromatic heterocycles. The SMILES string of the molecule is N#[C][Fe-3]([C]#N)([C]#N)([C]#N)([C]#N)[C]#N.N#[C][Fe-3]([C]#N)([C]#N)([C]#N)([C]#N)[C]#N.[Fe+3].[Na+].[Na+].[Na+]. The van der Waals surface area contributed by atoms with E-state index in [1.165, 1.54) is 0 Å². The molecule has 0 spiro atoms. The quantitative estimate of drug-likeness (QED) is 0.255. The second-order valence-corrected chi connectivity index (χ2v) is 14.8. The van der Waals surface area contributed by atoms with Gasteiger partial charge in [-0.1, -0.05) is 0 Å². The van der Waals surface area contributed by atoms with Crippen molar-refractivity contribution in [2.24, 2.45) is 0 Å². The van der Waals surface area contributed by atoms with Gasteiger partial charge in [0.2, 0.25) is 0 Å². The van der Waals surface area contributed by atoms with E-state index in [4.69, 9.17) is 63.1 Å². The van der Waals surface area contributed by atoms with E-state index < -0.39 is 21.5 Å². The van der Waals surface area contributed by atoms with Crippen LogP contribution in [0.3, 0.4) is 0 Å². The van der Waals surface area contributed by atoms with Gasteiger partial charge in [0, 0.05) is 0 Å². The van der Waals surface area contributed by atoms with E-state index in [2.05, 4.69) is 0 Å². The molecule has 0 aromatic carbocycles. The summed E-state index contributed by atoms with van der Waals surface area (Å²) in [6, 6.07) is 0. The minimum Gasteiger partial charge on any atom is 1.00 e. The molecule has 30 heavy (non-hydrogen) atoms. The number of hydrogen-bond donors (Lipinski definition) is 0. The smallest absolute Gasteiger partial charge is 1.00 e. The molecule has 0 aromatic rings. The molecule has 0 bridgehead atoms. The maximum absolute atomic E-state index is 8.58. The molecule has 135 valence electrons. The van der Waals surface area contributed by atoms with Crippen molar-refractivity contribution in [3.63, 3.8) is 0 Å². The third-order valence-corrected chi connectivity index (χ3v) is 9.78. The molecule has 0 aliphatic heterocycles. The van der Waals surface area contributed by atoms with Crippen LogP contribution in [0.4, 0.5) is 0 Å². The summed E-state index contributed by atoms with van der Waals surface area (Å²) in [6.45, 7) is 0. The molecule has 0 N–H and O–H groups in total. The van der Waals surface area contributed by atoms with Gasteiger partial charge in [-0.2, -0.15) is 0 Å². The van der Waals surface area contributed by atoms with Gasteiger partial charge >= 0.3 is 250 Å². The van der Waals surface area contributed by atoms with Crippen molar-refractivity contribution in [2.45, 2.75) is 0 Å². The molecule has 0 aliphatic carbocycles. The predicted molar refractivity (Wildman–Crippen MR) is 67.4 cm³/mol. The zero-order chi connectivity index (χ0) is 21.3. The van der Waals surface area contributed by atoms with Crippen LogP contribution in [-0.4, -0.2) is 0 Å². The van der Waals surface area contributed by atoms with Gasteiger partial charge in [0.05, 0.1) is 0 Å². The van der Waals surface area contributed by atoms with Crippen LogP contribution in [-0.2, 0) is 38.5 Å². The van der Waals surface area contributed by atoms with Crippen LogP contribution in [0.5, 0.6) is 0 Å². The van der Waals surface area contributed by atoms with Crippen LogP contribution < -0.4 is 88.7 Å². The van der Waals surface area contributed by atoms with Gasteiger partial charge in [-0.25, -0.2) is 0 Å². The van der Waals surface area contributed by atoms with Crippen molar-refractivity contribution in [3.05, 3.63) is 0 Å². The maximum atomic E-state index is 8.58. The van der Waals surface area contributed by atoms with Gasteiger partial charge in [-0.3, -0.25) is 0 Å². The summed E-state index contributed by atoms with van der Waals surface area (Å²) in [5, 5.41) is 103. The van der Waals surface area contributed by atoms with E-state index in [0.29, 0.717) is 0 Å². The summed E-state index contributed by atoms with van der Waals surface area (Å²) >= 11 is 0. The minimum absolute atomic E-state index is 0. The predicted octanol–water partition coefficient (Wildman–Crippen LogP) is -8.79. The summed E-state index contributed by atoms with van der Waals surface area (Å²) in [6.07, 6.45) is 0. The summed E-state index contributed by atoms with van der Waals surface area (Å²) in [5.74, 6) is 0. The molecule has 1 radical (unpaired) electrons. The first-order chi connectivity index (χ1) is 11.9. The summed E-state index contributed by atoms with van der Waals surface area (Å²) in [7, 11) is -12.3. The van der Waals surface area contributed by atoms with Gasteiger partial charge in [0.25, 0.3) is 0 Å². The molecule has 0 heterocycles. The van der Waals surface area contributed by atoms with Crippen molar-refractivity contribution in [1.82, 2.24) is 0 Å². The Hall–Kier alpha value is -1.56. The Labute approximate surface area is 246 Å². The molecule has 0 fully saturated rings. The van der Waals surface area contributed by atoms with E-state index in [0.717, 1.165) is 59.6 Å². The second-order valence-electron chi connectivity index (χ2n) is 3.60. The van der Waals surface area contributed by atoms with Crippen LogP contribution in [0.25, 0.3) is 0 Å². The van der Waals surface area contributed by atoms with Crippen molar-refractivity contribution in [1.29, 1.82) is 63.1 Å². The van der Waals surface area contributed by atoms with Gasteiger partial charge in [0.15, 0.2) is 0 Å².